The monoisotopic (exact) mass is 237 g/mol. The van der Waals surface area contributed by atoms with Crippen LogP contribution in [-0.4, -0.2) is 53.5 Å². The molecular weight excluding hydrogens is 218 g/mol. The van der Waals surface area contributed by atoms with Crippen LogP contribution in [0.2, 0.25) is 0 Å². The minimum Gasteiger partial charge on any atom is -0.506 e. The van der Waals surface area contributed by atoms with E-state index in [4.69, 9.17) is 0 Å². The lowest BCUT2D eigenvalue weighted by Gasteiger charge is -2.19. The molecule has 0 aliphatic heterocycles. The van der Waals surface area contributed by atoms with Gasteiger partial charge in [0.25, 0.3) is 0 Å². The van der Waals surface area contributed by atoms with Crippen molar-refractivity contribution in [3.63, 3.8) is 0 Å². The zero-order valence-electron chi connectivity index (χ0n) is 10.8. The third kappa shape index (κ3) is 4.03. The second-order valence-corrected chi connectivity index (χ2v) is 4.38. The maximum Gasteiger partial charge on any atom is 0.236 e. The summed E-state index contributed by atoms with van der Waals surface area (Å²) in [6, 6.07) is 3.38. The predicted octanol–water partition coefficient (Wildman–Crippen LogP) is 0.616. The number of pyridine rings is 1. The molecule has 0 atom stereocenters. The Labute approximate surface area is 102 Å². The Hall–Kier alpha value is -1.62. The van der Waals surface area contributed by atoms with Gasteiger partial charge in [0.15, 0.2) is 0 Å². The molecule has 0 saturated heterocycles. The first-order valence-corrected chi connectivity index (χ1v) is 5.44. The lowest BCUT2D eigenvalue weighted by Crippen LogP contribution is -2.34. The van der Waals surface area contributed by atoms with Gasteiger partial charge in [0.2, 0.25) is 5.91 Å². The Morgan fingerprint density at radius 1 is 1.35 bits per heavy atom. The Morgan fingerprint density at radius 3 is 2.59 bits per heavy atom. The molecule has 5 nitrogen and oxygen atoms in total. The minimum absolute atomic E-state index is 0.0274. The van der Waals surface area contributed by atoms with Crippen LogP contribution in [0.5, 0.6) is 5.75 Å². The summed E-state index contributed by atoms with van der Waals surface area (Å²) in [5.74, 6) is 0.194. The van der Waals surface area contributed by atoms with Crippen LogP contribution < -0.4 is 0 Å². The molecule has 0 aromatic carbocycles. The molecule has 1 amide bonds. The number of rotatable bonds is 4. The Kier molecular flexibility index (Phi) is 4.45. The van der Waals surface area contributed by atoms with Crippen molar-refractivity contribution in [3.8, 4) is 5.75 Å². The molecule has 94 valence electrons. The fraction of sp³-hybridized carbons (Fsp3) is 0.500. The summed E-state index contributed by atoms with van der Waals surface area (Å²) in [4.78, 5) is 19.1. The number of amides is 1. The van der Waals surface area contributed by atoms with Gasteiger partial charge >= 0.3 is 0 Å². The second kappa shape index (κ2) is 5.63. The Morgan fingerprint density at radius 2 is 2.00 bits per heavy atom. The summed E-state index contributed by atoms with van der Waals surface area (Å²) in [6.07, 6.45) is 0. The molecule has 1 rings (SSSR count). The molecule has 0 aliphatic carbocycles. The van der Waals surface area contributed by atoms with E-state index in [9.17, 15) is 9.90 Å². The number of likely N-dealkylation sites (N-methyl/N-ethyl adjacent to an activating group) is 2. The first-order valence-electron chi connectivity index (χ1n) is 5.44. The van der Waals surface area contributed by atoms with Crippen LogP contribution in [0.15, 0.2) is 12.1 Å². The summed E-state index contributed by atoms with van der Waals surface area (Å²) in [6.45, 7) is 2.63. The molecule has 0 aliphatic rings. The molecule has 1 aromatic heterocycles. The van der Waals surface area contributed by atoms with Crippen molar-refractivity contribution in [2.24, 2.45) is 0 Å². The number of aromatic nitrogens is 1. The lowest BCUT2D eigenvalue weighted by atomic mass is 10.2. The highest BCUT2D eigenvalue weighted by Crippen LogP contribution is 2.15. The fourth-order valence-electron chi connectivity index (χ4n) is 1.40. The molecule has 0 radical (unpaired) electrons. The van der Waals surface area contributed by atoms with Gasteiger partial charge in [-0.2, -0.15) is 0 Å². The van der Waals surface area contributed by atoms with E-state index in [1.807, 2.05) is 18.9 Å². The van der Waals surface area contributed by atoms with Crippen LogP contribution >= 0.6 is 0 Å². The van der Waals surface area contributed by atoms with Gasteiger partial charge in [0.05, 0.1) is 12.2 Å². The number of hydrogen-bond donors (Lipinski definition) is 1. The van der Waals surface area contributed by atoms with E-state index in [2.05, 4.69) is 4.98 Å². The van der Waals surface area contributed by atoms with Crippen LogP contribution in [0.4, 0.5) is 0 Å². The first-order chi connectivity index (χ1) is 7.90. The lowest BCUT2D eigenvalue weighted by molar-refractivity contribution is -0.129. The summed E-state index contributed by atoms with van der Waals surface area (Å²) in [5, 5.41) is 9.64. The zero-order valence-corrected chi connectivity index (χ0v) is 10.8. The largest absolute Gasteiger partial charge is 0.506 e. The highest BCUT2D eigenvalue weighted by Gasteiger charge is 2.11. The zero-order chi connectivity index (χ0) is 13.0. The molecule has 0 saturated carbocycles. The number of carbonyl (C=O) groups is 1. The normalized spacial score (nSPS) is 10.6. The molecule has 0 spiro atoms. The molecule has 0 unspecified atom stereocenters. The van der Waals surface area contributed by atoms with Crippen LogP contribution in [0, 0.1) is 6.92 Å². The van der Waals surface area contributed by atoms with E-state index in [0.29, 0.717) is 18.8 Å². The predicted molar refractivity (Wildman–Crippen MR) is 65.7 cm³/mol. The smallest absolute Gasteiger partial charge is 0.236 e. The number of hydrogen-bond acceptors (Lipinski definition) is 4. The number of nitrogens with zero attached hydrogens (tertiary/aromatic N) is 3. The van der Waals surface area contributed by atoms with Crippen molar-refractivity contribution >= 4 is 5.91 Å². The van der Waals surface area contributed by atoms with Crippen LogP contribution in [-0.2, 0) is 11.3 Å². The van der Waals surface area contributed by atoms with Gasteiger partial charge in [0.1, 0.15) is 5.75 Å². The van der Waals surface area contributed by atoms with E-state index in [1.54, 1.807) is 31.1 Å². The average molecular weight is 237 g/mol. The summed E-state index contributed by atoms with van der Waals surface area (Å²) in [7, 11) is 5.27. The van der Waals surface area contributed by atoms with Gasteiger partial charge in [-0.3, -0.25) is 14.7 Å². The molecule has 5 heteroatoms. The fourth-order valence-corrected chi connectivity index (χ4v) is 1.40. The van der Waals surface area contributed by atoms with E-state index < -0.39 is 0 Å². The first kappa shape index (κ1) is 13.4. The molecular formula is C12H19N3O2. The summed E-state index contributed by atoms with van der Waals surface area (Å²) in [5.41, 5.74) is 1.45. The van der Waals surface area contributed by atoms with Gasteiger partial charge in [-0.15, -0.1) is 0 Å². The van der Waals surface area contributed by atoms with Gasteiger partial charge in [-0.25, -0.2) is 0 Å². The summed E-state index contributed by atoms with van der Waals surface area (Å²) >= 11 is 0. The van der Waals surface area contributed by atoms with E-state index in [-0.39, 0.29) is 11.7 Å². The highest BCUT2D eigenvalue weighted by molar-refractivity contribution is 5.77. The van der Waals surface area contributed by atoms with Crippen molar-refractivity contribution in [1.82, 2.24) is 14.8 Å². The Balaban J connectivity index is 2.64. The maximum atomic E-state index is 11.5. The molecule has 1 N–H and O–H groups in total. The second-order valence-electron chi connectivity index (χ2n) is 4.38. The molecule has 1 heterocycles. The van der Waals surface area contributed by atoms with Gasteiger partial charge in [0, 0.05) is 26.3 Å². The highest BCUT2D eigenvalue weighted by atomic mass is 16.3. The van der Waals surface area contributed by atoms with Crippen molar-refractivity contribution < 1.29 is 9.90 Å². The van der Waals surface area contributed by atoms with Crippen LogP contribution in [0.25, 0.3) is 0 Å². The van der Waals surface area contributed by atoms with Crippen LogP contribution in [0.3, 0.4) is 0 Å². The SMILES string of the molecule is Cc1ccc(O)c(CN(C)CC(=O)N(C)C)n1. The van der Waals surface area contributed by atoms with E-state index in [0.717, 1.165) is 5.69 Å². The third-order valence-electron chi connectivity index (χ3n) is 2.41. The molecule has 17 heavy (non-hydrogen) atoms. The minimum atomic E-state index is 0.0274. The van der Waals surface area contributed by atoms with Crippen molar-refractivity contribution in [3.05, 3.63) is 23.5 Å². The van der Waals surface area contributed by atoms with Crippen molar-refractivity contribution in [2.45, 2.75) is 13.5 Å². The van der Waals surface area contributed by atoms with Crippen molar-refractivity contribution in [2.75, 3.05) is 27.7 Å². The van der Waals surface area contributed by atoms with E-state index >= 15 is 0 Å². The topological polar surface area (TPSA) is 56.7 Å². The number of aryl methyl sites for hydroxylation is 1. The number of aromatic hydroxyl groups is 1. The van der Waals surface area contributed by atoms with Crippen LogP contribution in [0.1, 0.15) is 11.4 Å². The maximum absolute atomic E-state index is 11.5. The van der Waals surface area contributed by atoms with Gasteiger partial charge < -0.3 is 10.0 Å². The third-order valence-corrected chi connectivity index (χ3v) is 2.41. The van der Waals surface area contributed by atoms with Crippen molar-refractivity contribution in [1.29, 1.82) is 0 Å². The quantitative estimate of drug-likeness (QED) is 0.834. The standard InChI is InChI=1S/C12H19N3O2/c1-9-5-6-11(16)10(13-9)7-15(4)8-12(17)14(2)3/h5-6,16H,7-8H2,1-4H3. The van der Waals surface area contributed by atoms with Gasteiger partial charge in [-0.05, 0) is 26.1 Å². The average Bonchev–Trinajstić information content (AvgIpc) is 2.23. The van der Waals surface area contributed by atoms with Gasteiger partial charge in [-0.1, -0.05) is 0 Å². The molecule has 1 aromatic rings. The summed E-state index contributed by atoms with van der Waals surface area (Å²) < 4.78 is 0. The van der Waals surface area contributed by atoms with E-state index in [1.165, 1.54) is 0 Å². The number of carbonyl (C=O) groups excluding carboxylic acids is 1. The molecule has 0 bridgehead atoms. The molecule has 0 fully saturated rings. The Bertz CT molecular complexity index is 405.